The van der Waals surface area contributed by atoms with Crippen molar-refractivity contribution in [3.8, 4) is 0 Å². The van der Waals surface area contributed by atoms with Crippen molar-refractivity contribution in [1.82, 2.24) is 10.2 Å². The summed E-state index contributed by atoms with van der Waals surface area (Å²) in [4.78, 5) is 12.5. The van der Waals surface area contributed by atoms with Crippen LogP contribution in [0.5, 0.6) is 0 Å². The molecule has 0 saturated carbocycles. The lowest BCUT2D eigenvalue weighted by atomic mass is 9.86. The molecule has 0 fully saturated rings. The standard InChI is InChI=1S/C20H28N4O/c1-14(2)12-13-21-18-11-10-17(23-24-18)19(25)22-16-9-7-6-8-15(16)20(3,4)5/h6-11,14H,12-13H2,1-5H3,(H,21,24)(H,22,25). The highest BCUT2D eigenvalue weighted by Crippen LogP contribution is 2.29. The van der Waals surface area contributed by atoms with Gasteiger partial charge in [-0.1, -0.05) is 52.8 Å². The Bertz CT molecular complexity index is 702. The Morgan fingerprint density at radius 3 is 2.40 bits per heavy atom. The third kappa shape index (κ3) is 5.55. The van der Waals surface area contributed by atoms with Gasteiger partial charge in [0.05, 0.1) is 0 Å². The average Bonchev–Trinajstić information content (AvgIpc) is 2.54. The van der Waals surface area contributed by atoms with Gasteiger partial charge in [0.1, 0.15) is 5.82 Å². The number of nitrogens with zero attached hydrogens (tertiary/aromatic N) is 2. The van der Waals surface area contributed by atoms with E-state index in [4.69, 9.17) is 0 Å². The minimum atomic E-state index is -0.252. The van der Waals surface area contributed by atoms with Gasteiger partial charge in [0.2, 0.25) is 0 Å². The van der Waals surface area contributed by atoms with E-state index >= 15 is 0 Å². The summed E-state index contributed by atoms with van der Waals surface area (Å²) in [6.07, 6.45) is 1.06. The van der Waals surface area contributed by atoms with E-state index < -0.39 is 0 Å². The molecule has 134 valence electrons. The fourth-order valence-electron chi connectivity index (χ4n) is 2.47. The highest BCUT2D eigenvalue weighted by molar-refractivity contribution is 6.03. The van der Waals surface area contributed by atoms with Crippen molar-refractivity contribution < 1.29 is 4.79 Å². The second-order valence-electron chi connectivity index (χ2n) is 7.66. The molecule has 0 spiro atoms. The molecule has 1 amide bonds. The lowest BCUT2D eigenvalue weighted by molar-refractivity contribution is 0.102. The fourth-order valence-corrected chi connectivity index (χ4v) is 2.47. The van der Waals surface area contributed by atoms with Gasteiger partial charge in [-0.15, -0.1) is 10.2 Å². The molecule has 1 aromatic carbocycles. The molecule has 0 aliphatic carbocycles. The summed E-state index contributed by atoms with van der Waals surface area (Å²) < 4.78 is 0. The Morgan fingerprint density at radius 2 is 1.80 bits per heavy atom. The molecule has 5 heteroatoms. The summed E-state index contributed by atoms with van der Waals surface area (Å²) >= 11 is 0. The highest BCUT2D eigenvalue weighted by Gasteiger charge is 2.19. The van der Waals surface area contributed by atoms with Crippen LogP contribution in [-0.2, 0) is 5.41 Å². The van der Waals surface area contributed by atoms with E-state index in [1.54, 1.807) is 12.1 Å². The molecule has 1 heterocycles. The van der Waals surface area contributed by atoms with E-state index in [0.717, 1.165) is 24.2 Å². The first-order chi connectivity index (χ1) is 11.8. The van der Waals surface area contributed by atoms with E-state index in [9.17, 15) is 4.79 Å². The summed E-state index contributed by atoms with van der Waals surface area (Å²) in [5, 5.41) is 14.3. The Morgan fingerprint density at radius 1 is 1.08 bits per heavy atom. The van der Waals surface area contributed by atoms with Crippen LogP contribution in [0.15, 0.2) is 36.4 Å². The Kier molecular flexibility index (Phi) is 6.12. The molecular formula is C20H28N4O. The van der Waals surface area contributed by atoms with Gasteiger partial charge in [-0.3, -0.25) is 4.79 Å². The van der Waals surface area contributed by atoms with Crippen LogP contribution < -0.4 is 10.6 Å². The topological polar surface area (TPSA) is 66.9 Å². The van der Waals surface area contributed by atoms with E-state index in [0.29, 0.717) is 17.4 Å². The number of para-hydroxylation sites is 1. The van der Waals surface area contributed by atoms with Gasteiger partial charge in [0.15, 0.2) is 5.69 Å². The number of anilines is 2. The Labute approximate surface area is 150 Å². The maximum atomic E-state index is 12.5. The van der Waals surface area contributed by atoms with Crippen LogP contribution in [0.2, 0.25) is 0 Å². The third-order valence-electron chi connectivity index (χ3n) is 3.91. The normalized spacial score (nSPS) is 11.4. The zero-order chi connectivity index (χ0) is 18.4. The van der Waals surface area contributed by atoms with E-state index in [2.05, 4.69) is 55.4 Å². The molecule has 2 aromatic rings. The van der Waals surface area contributed by atoms with Crippen LogP contribution >= 0.6 is 0 Å². The van der Waals surface area contributed by atoms with Crippen molar-refractivity contribution in [1.29, 1.82) is 0 Å². The molecule has 5 nitrogen and oxygen atoms in total. The van der Waals surface area contributed by atoms with E-state index in [1.807, 2.05) is 24.3 Å². The van der Waals surface area contributed by atoms with Gasteiger partial charge in [-0.25, -0.2) is 0 Å². The number of aromatic nitrogens is 2. The second kappa shape index (κ2) is 8.10. The van der Waals surface area contributed by atoms with Crippen LogP contribution in [0.4, 0.5) is 11.5 Å². The number of amides is 1. The minimum absolute atomic E-state index is 0.0558. The molecular weight excluding hydrogens is 312 g/mol. The molecule has 2 rings (SSSR count). The van der Waals surface area contributed by atoms with Crippen LogP contribution in [-0.4, -0.2) is 22.6 Å². The maximum Gasteiger partial charge on any atom is 0.276 e. The monoisotopic (exact) mass is 340 g/mol. The number of hydrogen-bond acceptors (Lipinski definition) is 4. The highest BCUT2D eigenvalue weighted by atomic mass is 16.1. The van der Waals surface area contributed by atoms with Crippen LogP contribution in [0.25, 0.3) is 0 Å². The third-order valence-corrected chi connectivity index (χ3v) is 3.91. The van der Waals surface area contributed by atoms with Gasteiger partial charge in [0, 0.05) is 12.2 Å². The SMILES string of the molecule is CC(C)CCNc1ccc(C(=O)Nc2ccccc2C(C)(C)C)nn1. The minimum Gasteiger partial charge on any atom is -0.369 e. The summed E-state index contributed by atoms with van der Waals surface area (Å²) in [6, 6.07) is 11.3. The van der Waals surface area contributed by atoms with Crippen molar-refractivity contribution in [2.24, 2.45) is 5.92 Å². The average molecular weight is 340 g/mol. The maximum absolute atomic E-state index is 12.5. The van der Waals surface area contributed by atoms with Crippen molar-refractivity contribution in [3.63, 3.8) is 0 Å². The van der Waals surface area contributed by atoms with Crippen molar-refractivity contribution >= 4 is 17.4 Å². The smallest absolute Gasteiger partial charge is 0.276 e. The molecule has 0 atom stereocenters. The summed E-state index contributed by atoms with van der Waals surface area (Å²) in [7, 11) is 0. The van der Waals surface area contributed by atoms with Crippen LogP contribution in [0.1, 0.15) is 57.1 Å². The predicted molar refractivity (Wildman–Crippen MR) is 103 cm³/mol. The summed E-state index contributed by atoms with van der Waals surface area (Å²) in [5.41, 5.74) is 2.14. The Hall–Kier alpha value is -2.43. The molecule has 0 saturated heterocycles. The number of carbonyl (C=O) groups excluding carboxylic acids is 1. The van der Waals surface area contributed by atoms with Gasteiger partial charge in [-0.2, -0.15) is 0 Å². The second-order valence-corrected chi connectivity index (χ2v) is 7.66. The lowest BCUT2D eigenvalue weighted by Gasteiger charge is -2.22. The van der Waals surface area contributed by atoms with Gasteiger partial charge in [-0.05, 0) is 41.5 Å². The first-order valence-electron chi connectivity index (χ1n) is 8.76. The zero-order valence-corrected chi connectivity index (χ0v) is 15.8. The van der Waals surface area contributed by atoms with E-state index in [1.165, 1.54) is 0 Å². The molecule has 1 aromatic heterocycles. The number of rotatable bonds is 6. The van der Waals surface area contributed by atoms with E-state index in [-0.39, 0.29) is 11.3 Å². The van der Waals surface area contributed by atoms with Crippen LogP contribution in [0.3, 0.4) is 0 Å². The van der Waals surface area contributed by atoms with Crippen LogP contribution in [0, 0.1) is 5.92 Å². The zero-order valence-electron chi connectivity index (χ0n) is 15.8. The summed E-state index contributed by atoms with van der Waals surface area (Å²) in [6.45, 7) is 11.6. The van der Waals surface area contributed by atoms with Crippen molar-refractivity contribution in [3.05, 3.63) is 47.7 Å². The predicted octanol–water partition coefficient (Wildman–Crippen LogP) is 4.48. The molecule has 0 unspecified atom stereocenters. The number of hydrogen-bond donors (Lipinski definition) is 2. The fraction of sp³-hybridized carbons (Fsp3) is 0.450. The molecule has 0 aliphatic heterocycles. The molecule has 0 aliphatic rings. The number of carbonyl (C=O) groups is 1. The number of benzene rings is 1. The van der Waals surface area contributed by atoms with Crippen molar-refractivity contribution in [2.45, 2.75) is 46.5 Å². The number of nitrogens with one attached hydrogen (secondary N) is 2. The molecule has 25 heavy (non-hydrogen) atoms. The first-order valence-corrected chi connectivity index (χ1v) is 8.76. The quantitative estimate of drug-likeness (QED) is 0.813. The van der Waals surface area contributed by atoms with Gasteiger partial charge < -0.3 is 10.6 Å². The Balaban J connectivity index is 2.05. The molecule has 0 radical (unpaired) electrons. The molecule has 2 N–H and O–H groups in total. The lowest BCUT2D eigenvalue weighted by Crippen LogP contribution is -2.20. The first kappa shape index (κ1) is 18.9. The summed E-state index contributed by atoms with van der Waals surface area (Å²) in [5.74, 6) is 1.07. The van der Waals surface area contributed by atoms with Gasteiger partial charge in [0.25, 0.3) is 5.91 Å². The largest absolute Gasteiger partial charge is 0.369 e. The molecule has 0 bridgehead atoms. The van der Waals surface area contributed by atoms with Gasteiger partial charge >= 0.3 is 0 Å². The van der Waals surface area contributed by atoms with Crippen molar-refractivity contribution in [2.75, 3.05) is 17.2 Å².